The fraction of sp³-hybridized carbons (Fsp3) is 0.467. The van der Waals surface area contributed by atoms with E-state index in [-0.39, 0.29) is 17.9 Å². The van der Waals surface area contributed by atoms with Gasteiger partial charge in [-0.05, 0) is 31.9 Å². The van der Waals surface area contributed by atoms with E-state index in [0.29, 0.717) is 12.3 Å². The average Bonchev–Trinajstić information content (AvgIpc) is 3.30. The molecule has 0 bridgehead atoms. The first kappa shape index (κ1) is 13.7. The summed E-state index contributed by atoms with van der Waals surface area (Å²) >= 11 is 0. The molecule has 2 amide bonds. The third kappa shape index (κ3) is 3.26. The molecule has 3 rings (SSSR count). The van der Waals surface area contributed by atoms with Crippen LogP contribution in [0.1, 0.15) is 19.8 Å². The second-order valence-corrected chi connectivity index (χ2v) is 5.50. The molecule has 1 heterocycles. The normalized spacial score (nSPS) is 21.3. The molecule has 21 heavy (non-hydrogen) atoms. The Morgan fingerprint density at radius 3 is 2.86 bits per heavy atom. The highest BCUT2D eigenvalue weighted by atomic mass is 16.5. The van der Waals surface area contributed by atoms with E-state index in [1.807, 2.05) is 24.3 Å². The predicted octanol–water partition coefficient (Wildman–Crippen LogP) is 0.643. The van der Waals surface area contributed by atoms with E-state index in [4.69, 9.17) is 4.74 Å². The molecule has 0 saturated heterocycles. The van der Waals surface area contributed by atoms with Crippen molar-refractivity contribution in [1.82, 2.24) is 10.6 Å². The van der Waals surface area contributed by atoms with Crippen molar-refractivity contribution in [3.05, 3.63) is 24.3 Å². The van der Waals surface area contributed by atoms with Crippen molar-refractivity contribution in [1.29, 1.82) is 0 Å². The monoisotopic (exact) mass is 289 g/mol. The summed E-state index contributed by atoms with van der Waals surface area (Å²) in [5, 5.41) is 8.72. The van der Waals surface area contributed by atoms with Crippen molar-refractivity contribution in [3.63, 3.8) is 0 Å². The van der Waals surface area contributed by atoms with Crippen LogP contribution in [0.25, 0.3) is 0 Å². The maximum absolute atomic E-state index is 12.2. The molecular formula is C15H19N3O3. The summed E-state index contributed by atoms with van der Waals surface area (Å²) in [5.74, 6) is 0.226. The van der Waals surface area contributed by atoms with Crippen LogP contribution in [-0.4, -0.2) is 36.5 Å². The summed E-state index contributed by atoms with van der Waals surface area (Å²) in [4.78, 5) is 24.0. The van der Waals surface area contributed by atoms with Gasteiger partial charge >= 0.3 is 0 Å². The lowest BCUT2D eigenvalue weighted by Crippen LogP contribution is -2.52. The second-order valence-electron chi connectivity index (χ2n) is 5.50. The minimum Gasteiger partial charge on any atom is -0.477 e. The quantitative estimate of drug-likeness (QED) is 0.760. The molecule has 6 nitrogen and oxygen atoms in total. The van der Waals surface area contributed by atoms with Gasteiger partial charge in [0.15, 0.2) is 6.10 Å². The smallest absolute Gasteiger partial charge is 0.263 e. The first-order valence-electron chi connectivity index (χ1n) is 7.24. The largest absolute Gasteiger partial charge is 0.477 e. The summed E-state index contributed by atoms with van der Waals surface area (Å²) < 4.78 is 5.66. The number of fused-ring (bicyclic) bond motifs is 1. The molecule has 3 N–H and O–H groups in total. The Hall–Kier alpha value is -2.24. The number of rotatable bonds is 4. The molecule has 1 aliphatic heterocycles. The van der Waals surface area contributed by atoms with Crippen molar-refractivity contribution < 1.29 is 14.3 Å². The van der Waals surface area contributed by atoms with Crippen LogP contribution in [0, 0.1) is 0 Å². The Morgan fingerprint density at radius 2 is 2.10 bits per heavy atom. The van der Waals surface area contributed by atoms with E-state index in [1.165, 1.54) is 0 Å². The van der Waals surface area contributed by atoms with Gasteiger partial charge in [-0.3, -0.25) is 9.59 Å². The van der Waals surface area contributed by atoms with Crippen LogP contribution in [0.15, 0.2) is 24.3 Å². The van der Waals surface area contributed by atoms with Gasteiger partial charge < -0.3 is 20.7 Å². The second kappa shape index (κ2) is 5.63. The van der Waals surface area contributed by atoms with Gasteiger partial charge in [0.25, 0.3) is 5.91 Å². The highest BCUT2D eigenvalue weighted by Crippen LogP contribution is 2.28. The molecule has 112 valence electrons. The van der Waals surface area contributed by atoms with Crippen LogP contribution in [-0.2, 0) is 9.59 Å². The van der Waals surface area contributed by atoms with E-state index in [2.05, 4.69) is 16.0 Å². The van der Waals surface area contributed by atoms with Crippen LogP contribution >= 0.6 is 0 Å². The first-order valence-corrected chi connectivity index (χ1v) is 7.24. The molecule has 2 atom stereocenters. The lowest BCUT2D eigenvalue weighted by Gasteiger charge is -2.27. The van der Waals surface area contributed by atoms with Crippen LogP contribution in [0.5, 0.6) is 5.75 Å². The van der Waals surface area contributed by atoms with E-state index in [0.717, 1.165) is 18.5 Å². The van der Waals surface area contributed by atoms with E-state index < -0.39 is 12.1 Å². The van der Waals surface area contributed by atoms with E-state index in [9.17, 15) is 9.59 Å². The molecule has 1 aromatic carbocycles. The molecule has 1 aliphatic carbocycles. The molecule has 0 radical (unpaired) electrons. The van der Waals surface area contributed by atoms with Gasteiger partial charge in [0.1, 0.15) is 11.8 Å². The van der Waals surface area contributed by atoms with E-state index >= 15 is 0 Å². The van der Waals surface area contributed by atoms with Gasteiger partial charge in [0, 0.05) is 6.04 Å². The zero-order chi connectivity index (χ0) is 14.8. The van der Waals surface area contributed by atoms with Gasteiger partial charge in [0.05, 0.1) is 12.2 Å². The van der Waals surface area contributed by atoms with Crippen molar-refractivity contribution in [2.75, 3.05) is 11.9 Å². The zero-order valence-corrected chi connectivity index (χ0v) is 11.9. The Bertz CT molecular complexity index is 557. The molecule has 2 aliphatic rings. The number of carbonyl (C=O) groups excluding carboxylic acids is 2. The Morgan fingerprint density at radius 1 is 1.33 bits per heavy atom. The van der Waals surface area contributed by atoms with Crippen LogP contribution in [0.2, 0.25) is 0 Å². The molecule has 1 saturated carbocycles. The summed E-state index contributed by atoms with van der Waals surface area (Å²) in [6.45, 7) is 2.07. The van der Waals surface area contributed by atoms with Gasteiger partial charge in [-0.1, -0.05) is 12.1 Å². The van der Waals surface area contributed by atoms with Gasteiger partial charge in [-0.2, -0.15) is 0 Å². The van der Waals surface area contributed by atoms with Crippen molar-refractivity contribution >= 4 is 17.5 Å². The number of para-hydroxylation sites is 2. The third-order valence-electron chi connectivity index (χ3n) is 3.60. The fourth-order valence-electron chi connectivity index (χ4n) is 2.18. The minimum atomic E-state index is -0.629. The summed E-state index contributed by atoms with van der Waals surface area (Å²) in [7, 11) is 0. The fourth-order valence-corrected chi connectivity index (χ4v) is 2.18. The summed E-state index contributed by atoms with van der Waals surface area (Å²) in [6.07, 6.45) is 1.42. The predicted molar refractivity (Wildman–Crippen MR) is 78.1 cm³/mol. The first-order chi connectivity index (χ1) is 10.1. The average molecular weight is 289 g/mol. The zero-order valence-electron chi connectivity index (χ0n) is 11.9. The maximum atomic E-state index is 12.2. The highest BCUT2D eigenvalue weighted by Gasteiger charge is 2.30. The van der Waals surface area contributed by atoms with Crippen LogP contribution < -0.4 is 20.7 Å². The molecule has 0 spiro atoms. The Kier molecular flexibility index (Phi) is 3.68. The molecule has 0 aromatic heterocycles. The highest BCUT2D eigenvalue weighted by molar-refractivity contribution is 5.90. The standard InChI is InChI=1S/C15H19N3O3/c1-9(14(19)18-10-6-7-10)17-15(20)13-8-16-11-4-2-3-5-12(11)21-13/h2-5,9-10,13,16H,6-8H2,1H3,(H,17,20)(H,18,19). The molecular weight excluding hydrogens is 270 g/mol. The third-order valence-corrected chi connectivity index (χ3v) is 3.60. The van der Waals surface area contributed by atoms with Crippen LogP contribution in [0.3, 0.4) is 0 Å². The van der Waals surface area contributed by atoms with Gasteiger partial charge in [-0.25, -0.2) is 0 Å². The number of hydrogen-bond acceptors (Lipinski definition) is 4. The number of hydrogen-bond donors (Lipinski definition) is 3. The molecule has 1 fully saturated rings. The number of carbonyl (C=O) groups is 2. The number of amides is 2. The van der Waals surface area contributed by atoms with Gasteiger partial charge in [0.2, 0.25) is 5.91 Å². The van der Waals surface area contributed by atoms with Crippen molar-refractivity contribution in [2.45, 2.75) is 38.0 Å². The lowest BCUT2D eigenvalue weighted by atomic mass is 10.2. The SMILES string of the molecule is CC(NC(=O)C1CNc2ccccc2O1)C(=O)NC1CC1. The number of benzene rings is 1. The van der Waals surface area contributed by atoms with E-state index in [1.54, 1.807) is 6.92 Å². The minimum absolute atomic E-state index is 0.144. The molecule has 2 unspecified atom stereocenters. The van der Waals surface area contributed by atoms with Crippen molar-refractivity contribution in [2.24, 2.45) is 0 Å². The number of nitrogens with one attached hydrogen (secondary N) is 3. The van der Waals surface area contributed by atoms with Gasteiger partial charge in [-0.15, -0.1) is 0 Å². The molecule has 6 heteroatoms. The number of ether oxygens (including phenoxy) is 1. The maximum Gasteiger partial charge on any atom is 0.263 e. The number of anilines is 1. The Labute approximate surface area is 123 Å². The van der Waals surface area contributed by atoms with Crippen molar-refractivity contribution in [3.8, 4) is 5.75 Å². The molecule has 1 aromatic rings. The summed E-state index contributed by atoms with van der Waals surface area (Å²) in [6, 6.07) is 7.20. The topological polar surface area (TPSA) is 79.5 Å². The lowest BCUT2D eigenvalue weighted by molar-refractivity contribution is -0.132. The summed E-state index contributed by atoms with van der Waals surface area (Å²) in [5.41, 5.74) is 0.876. The van der Waals surface area contributed by atoms with Crippen LogP contribution in [0.4, 0.5) is 5.69 Å². The Balaban J connectivity index is 1.55.